The molecule has 1 heterocycles. The second kappa shape index (κ2) is 5.61. The Balaban J connectivity index is 2.50. The molecule has 110 valence electrons. The minimum atomic E-state index is -4.85. The molecule has 0 amide bonds. The molecule has 1 aromatic heterocycles. The Morgan fingerprint density at radius 3 is 2.38 bits per heavy atom. The molecule has 0 aliphatic heterocycles. The van der Waals surface area contributed by atoms with E-state index in [-0.39, 0.29) is 22.0 Å². The van der Waals surface area contributed by atoms with Crippen molar-refractivity contribution in [1.82, 2.24) is 4.98 Å². The van der Waals surface area contributed by atoms with Crippen molar-refractivity contribution < 1.29 is 27.8 Å². The molecule has 0 saturated heterocycles. The zero-order valence-corrected chi connectivity index (χ0v) is 10.9. The van der Waals surface area contributed by atoms with E-state index in [1.165, 1.54) is 24.3 Å². The first-order valence-corrected chi connectivity index (χ1v) is 5.91. The maximum atomic E-state index is 12.4. The molecule has 4 nitrogen and oxygen atoms in total. The van der Waals surface area contributed by atoms with Crippen LogP contribution < -0.4 is 4.74 Å². The smallest absolute Gasteiger partial charge is 0.477 e. The summed E-state index contributed by atoms with van der Waals surface area (Å²) >= 11 is 5.84. The van der Waals surface area contributed by atoms with Crippen LogP contribution >= 0.6 is 11.6 Å². The Hall–Kier alpha value is -2.28. The molecular weight excluding hydrogens is 311 g/mol. The van der Waals surface area contributed by atoms with Gasteiger partial charge in [0.05, 0.1) is 0 Å². The highest BCUT2D eigenvalue weighted by Gasteiger charge is 2.32. The number of carbonyl (C=O) groups is 1. The van der Waals surface area contributed by atoms with Crippen LogP contribution in [0, 0.1) is 0 Å². The van der Waals surface area contributed by atoms with Gasteiger partial charge in [-0.1, -0.05) is 29.8 Å². The number of rotatable bonds is 3. The van der Waals surface area contributed by atoms with Gasteiger partial charge in [-0.25, -0.2) is 9.78 Å². The molecule has 8 heteroatoms. The number of aromatic nitrogens is 1. The number of halogens is 4. The third kappa shape index (κ3) is 3.63. The second-order valence-corrected chi connectivity index (χ2v) is 4.24. The number of carboxylic acid groups (broad SMARTS) is 1. The van der Waals surface area contributed by atoms with Crippen LogP contribution in [0.3, 0.4) is 0 Å². The van der Waals surface area contributed by atoms with E-state index in [0.717, 1.165) is 12.1 Å². The number of aromatic carboxylic acids is 1. The Bertz CT molecular complexity index is 689. The molecule has 0 atom stereocenters. The number of nitrogens with zero attached hydrogens (tertiary/aromatic N) is 1. The number of hydrogen-bond donors (Lipinski definition) is 1. The summed E-state index contributed by atoms with van der Waals surface area (Å²) < 4.78 is 41.0. The summed E-state index contributed by atoms with van der Waals surface area (Å²) in [4.78, 5) is 14.4. The fourth-order valence-corrected chi connectivity index (χ4v) is 1.91. The van der Waals surface area contributed by atoms with Crippen LogP contribution in [0.5, 0.6) is 5.75 Å². The van der Waals surface area contributed by atoms with Crippen molar-refractivity contribution in [3.05, 3.63) is 47.2 Å². The maximum Gasteiger partial charge on any atom is 0.573 e. The molecule has 0 aliphatic rings. The quantitative estimate of drug-likeness (QED) is 0.869. The van der Waals surface area contributed by atoms with E-state index in [1.807, 2.05) is 0 Å². The van der Waals surface area contributed by atoms with Crippen LogP contribution in [0.2, 0.25) is 5.15 Å². The number of carboxylic acids is 1. The van der Waals surface area contributed by atoms with Gasteiger partial charge in [0, 0.05) is 11.1 Å². The number of para-hydroxylation sites is 1. The molecule has 0 bridgehead atoms. The van der Waals surface area contributed by atoms with Crippen molar-refractivity contribution in [1.29, 1.82) is 0 Å². The Morgan fingerprint density at radius 1 is 1.14 bits per heavy atom. The van der Waals surface area contributed by atoms with Crippen LogP contribution in [0.1, 0.15) is 10.5 Å². The summed E-state index contributed by atoms with van der Waals surface area (Å²) in [6.07, 6.45) is -4.85. The van der Waals surface area contributed by atoms with Crippen LogP contribution in [-0.4, -0.2) is 22.4 Å². The topological polar surface area (TPSA) is 59.4 Å². The van der Waals surface area contributed by atoms with E-state index < -0.39 is 18.1 Å². The highest BCUT2D eigenvalue weighted by molar-refractivity contribution is 6.32. The Kier molecular flexibility index (Phi) is 4.04. The summed E-state index contributed by atoms with van der Waals surface area (Å²) in [7, 11) is 0. The van der Waals surface area contributed by atoms with Gasteiger partial charge in [-0.15, -0.1) is 13.2 Å². The van der Waals surface area contributed by atoms with Gasteiger partial charge in [-0.3, -0.25) is 0 Å². The minimum Gasteiger partial charge on any atom is -0.477 e. The summed E-state index contributed by atoms with van der Waals surface area (Å²) in [5.74, 6) is -1.74. The lowest BCUT2D eigenvalue weighted by Crippen LogP contribution is -2.17. The third-order valence-corrected chi connectivity index (χ3v) is 2.76. The van der Waals surface area contributed by atoms with Crippen LogP contribution in [0.4, 0.5) is 13.2 Å². The molecular formula is C13H7ClF3NO3. The van der Waals surface area contributed by atoms with Crippen LogP contribution in [0.15, 0.2) is 36.4 Å². The lowest BCUT2D eigenvalue weighted by molar-refractivity contribution is -0.274. The molecule has 0 saturated carbocycles. The molecule has 0 spiro atoms. The lowest BCUT2D eigenvalue weighted by Gasteiger charge is -2.13. The molecule has 1 N–H and O–H groups in total. The van der Waals surface area contributed by atoms with E-state index in [9.17, 15) is 18.0 Å². The van der Waals surface area contributed by atoms with Crippen molar-refractivity contribution in [2.75, 3.05) is 0 Å². The lowest BCUT2D eigenvalue weighted by atomic mass is 10.1. The highest BCUT2D eigenvalue weighted by Crippen LogP contribution is 2.36. The Labute approximate surface area is 121 Å². The Morgan fingerprint density at radius 2 is 1.81 bits per heavy atom. The van der Waals surface area contributed by atoms with Crippen LogP contribution in [-0.2, 0) is 0 Å². The summed E-state index contributed by atoms with van der Waals surface area (Å²) in [5.41, 5.74) is -0.108. The summed E-state index contributed by atoms with van der Waals surface area (Å²) in [6.45, 7) is 0. The standard InChI is InChI=1S/C13H7ClF3NO3/c14-11-8(5-6-9(18-11)12(19)20)7-3-1-2-4-10(7)21-13(15,16)17/h1-6H,(H,19,20). The molecule has 2 rings (SSSR count). The molecule has 1 aromatic carbocycles. The minimum absolute atomic E-state index is 0.0595. The molecule has 0 aliphatic carbocycles. The van der Waals surface area contributed by atoms with Crippen molar-refractivity contribution in [3.63, 3.8) is 0 Å². The first kappa shape index (κ1) is 15.1. The number of hydrogen-bond acceptors (Lipinski definition) is 3. The monoisotopic (exact) mass is 317 g/mol. The van der Waals surface area contributed by atoms with Gasteiger partial charge in [0.1, 0.15) is 16.6 Å². The second-order valence-electron chi connectivity index (χ2n) is 3.88. The van der Waals surface area contributed by atoms with E-state index in [0.29, 0.717) is 0 Å². The average molecular weight is 318 g/mol. The fourth-order valence-electron chi connectivity index (χ4n) is 1.66. The van der Waals surface area contributed by atoms with Gasteiger partial charge in [0.15, 0.2) is 0 Å². The van der Waals surface area contributed by atoms with Gasteiger partial charge < -0.3 is 9.84 Å². The first-order valence-electron chi connectivity index (χ1n) is 5.53. The molecule has 0 unspecified atom stereocenters. The zero-order valence-electron chi connectivity index (χ0n) is 10.2. The van der Waals surface area contributed by atoms with Gasteiger partial charge in [-0.2, -0.15) is 0 Å². The first-order chi connectivity index (χ1) is 9.78. The number of pyridine rings is 1. The predicted molar refractivity (Wildman–Crippen MR) is 68.3 cm³/mol. The maximum absolute atomic E-state index is 12.4. The van der Waals surface area contributed by atoms with E-state index >= 15 is 0 Å². The largest absolute Gasteiger partial charge is 0.573 e. The molecule has 0 radical (unpaired) electrons. The van der Waals surface area contributed by atoms with E-state index in [4.69, 9.17) is 16.7 Å². The summed E-state index contributed by atoms with van der Waals surface area (Å²) in [6, 6.07) is 7.79. The van der Waals surface area contributed by atoms with Crippen molar-refractivity contribution in [2.24, 2.45) is 0 Å². The third-order valence-electron chi connectivity index (χ3n) is 2.47. The summed E-state index contributed by atoms with van der Waals surface area (Å²) in [5, 5.41) is 8.55. The predicted octanol–water partition coefficient (Wildman–Crippen LogP) is 4.00. The van der Waals surface area contributed by atoms with Gasteiger partial charge >= 0.3 is 12.3 Å². The molecule has 21 heavy (non-hydrogen) atoms. The van der Waals surface area contributed by atoms with Crippen molar-refractivity contribution >= 4 is 17.6 Å². The average Bonchev–Trinajstić information content (AvgIpc) is 2.37. The number of benzene rings is 1. The van der Waals surface area contributed by atoms with Crippen LogP contribution in [0.25, 0.3) is 11.1 Å². The SMILES string of the molecule is O=C(O)c1ccc(-c2ccccc2OC(F)(F)F)c(Cl)n1. The van der Waals surface area contributed by atoms with Crippen molar-refractivity contribution in [2.45, 2.75) is 6.36 Å². The normalized spacial score (nSPS) is 11.2. The fraction of sp³-hybridized carbons (Fsp3) is 0.0769. The molecule has 0 fully saturated rings. The number of alkyl halides is 3. The zero-order chi connectivity index (χ0) is 15.6. The van der Waals surface area contributed by atoms with E-state index in [2.05, 4.69) is 9.72 Å². The highest BCUT2D eigenvalue weighted by atomic mass is 35.5. The number of ether oxygens (including phenoxy) is 1. The molecule has 2 aromatic rings. The van der Waals surface area contributed by atoms with E-state index in [1.54, 1.807) is 0 Å². The van der Waals surface area contributed by atoms with Gasteiger partial charge in [0.25, 0.3) is 0 Å². The van der Waals surface area contributed by atoms with Gasteiger partial charge in [0.2, 0.25) is 0 Å². The van der Waals surface area contributed by atoms with Crippen molar-refractivity contribution in [3.8, 4) is 16.9 Å². The van der Waals surface area contributed by atoms with Gasteiger partial charge in [-0.05, 0) is 18.2 Å².